The highest BCUT2D eigenvalue weighted by atomic mass is 19.3. The van der Waals surface area contributed by atoms with Crippen LogP contribution >= 0.6 is 0 Å². The zero-order valence-electron chi connectivity index (χ0n) is 15.9. The van der Waals surface area contributed by atoms with E-state index in [9.17, 15) is 13.6 Å². The van der Waals surface area contributed by atoms with Crippen molar-refractivity contribution in [3.63, 3.8) is 0 Å². The Balaban J connectivity index is 1.91. The van der Waals surface area contributed by atoms with Crippen LogP contribution in [0.15, 0.2) is 48.5 Å². The Morgan fingerprint density at radius 3 is 2.39 bits per heavy atom. The van der Waals surface area contributed by atoms with Crippen molar-refractivity contribution < 1.29 is 27.8 Å². The van der Waals surface area contributed by atoms with E-state index >= 15 is 0 Å². The van der Waals surface area contributed by atoms with Crippen molar-refractivity contribution in [1.82, 2.24) is 5.32 Å². The fourth-order valence-corrected chi connectivity index (χ4v) is 2.35. The van der Waals surface area contributed by atoms with Crippen LogP contribution in [0, 0.1) is 0 Å². The summed E-state index contributed by atoms with van der Waals surface area (Å²) in [7, 11) is 1.56. The lowest BCUT2D eigenvalue weighted by Gasteiger charge is -2.13. The standard InChI is InChI=1S/C21H23F2NO4/c1-14(2)27-18-10-6-15(12-19(18)26-3)7-11-20(25)24-13-16-4-8-17(9-5-16)28-21(22)23/h4-12,14,21H,13H2,1-3H3,(H,24,25)/b11-7+. The van der Waals surface area contributed by atoms with E-state index in [4.69, 9.17) is 9.47 Å². The Kier molecular flexibility index (Phi) is 7.80. The van der Waals surface area contributed by atoms with Gasteiger partial charge in [0, 0.05) is 12.6 Å². The molecule has 28 heavy (non-hydrogen) atoms. The van der Waals surface area contributed by atoms with Crippen LogP contribution in [0.2, 0.25) is 0 Å². The van der Waals surface area contributed by atoms with E-state index in [2.05, 4.69) is 10.1 Å². The maximum absolute atomic E-state index is 12.1. The minimum absolute atomic E-state index is 0.0251. The molecule has 0 radical (unpaired) electrons. The lowest BCUT2D eigenvalue weighted by Crippen LogP contribution is -2.20. The molecule has 0 aliphatic carbocycles. The number of halogens is 2. The summed E-state index contributed by atoms with van der Waals surface area (Å²) in [6.07, 6.45) is 3.10. The molecule has 1 amide bonds. The average Bonchev–Trinajstić information content (AvgIpc) is 2.65. The molecule has 0 saturated carbocycles. The van der Waals surface area contributed by atoms with Gasteiger partial charge in [-0.25, -0.2) is 0 Å². The second-order valence-corrected chi connectivity index (χ2v) is 6.15. The Labute approximate surface area is 162 Å². The second-order valence-electron chi connectivity index (χ2n) is 6.15. The van der Waals surface area contributed by atoms with Crippen LogP contribution in [0.3, 0.4) is 0 Å². The van der Waals surface area contributed by atoms with Crippen LogP contribution in [-0.4, -0.2) is 25.7 Å². The van der Waals surface area contributed by atoms with E-state index < -0.39 is 6.61 Å². The topological polar surface area (TPSA) is 56.8 Å². The maximum Gasteiger partial charge on any atom is 0.387 e. The van der Waals surface area contributed by atoms with Crippen molar-refractivity contribution in [1.29, 1.82) is 0 Å². The zero-order valence-corrected chi connectivity index (χ0v) is 15.9. The summed E-state index contributed by atoms with van der Waals surface area (Å²) >= 11 is 0. The summed E-state index contributed by atoms with van der Waals surface area (Å²) < 4.78 is 39.5. The number of ether oxygens (including phenoxy) is 3. The molecule has 5 nitrogen and oxygen atoms in total. The van der Waals surface area contributed by atoms with E-state index in [0.29, 0.717) is 11.5 Å². The van der Waals surface area contributed by atoms with Crippen LogP contribution in [0.1, 0.15) is 25.0 Å². The third kappa shape index (κ3) is 6.90. The van der Waals surface area contributed by atoms with Gasteiger partial charge in [-0.1, -0.05) is 18.2 Å². The molecule has 0 aliphatic rings. The number of carbonyl (C=O) groups is 1. The van der Waals surface area contributed by atoms with Gasteiger partial charge in [-0.2, -0.15) is 8.78 Å². The molecule has 2 aromatic carbocycles. The molecule has 2 rings (SSSR count). The number of methoxy groups -OCH3 is 1. The number of benzene rings is 2. The lowest BCUT2D eigenvalue weighted by molar-refractivity contribution is -0.116. The maximum atomic E-state index is 12.1. The van der Waals surface area contributed by atoms with E-state index in [1.54, 1.807) is 37.5 Å². The predicted molar refractivity (Wildman–Crippen MR) is 103 cm³/mol. The van der Waals surface area contributed by atoms with Gasteiger partial charge in [0.25, 0.3) is 0 Å². The smallest absolute Gasteiger partial charge is 0.387 e. The molecule has 0 fully saturated rings. The number of hydrogen-bond acceptors (Lipinski definition) is 4. The summed E-state index contributed by atoms with van der Waals surface area (Å²) in [6.45, 7) is 1.26. The highest BCUT2D eigenvalue weighted by Crippen LogP contribution is 2.29. The number of alkyl halides is 2. The molecule has 0 unspecified atom stereocenters. The molecular formula is C21H23F2NO4. The fourth-order valence-electron chi connectivity index (χ4n) is 2.35. The summed E-state index contributed by atoms with van der Waals surface area (Å²) in [5, 5.41) is 2.72. The Bertz CT molecular complexity index is 805. The first-order valence-electron chi connectivity index (χ1n) is 8.71. The van der Waals surface area contributed by atoms with Crippen LogP contribution in [-0.2, 0) is 11.3 Å². The number of carbonyl (C=O) groups excluding carboxylic acids is 1. The molecule has 150 valence electrons. The van der Waals surface area contributed by atoms with E-state index in [1.807, 2.05) is 19.9 Å². The molecular weight excluding hydrogens is 368 g/mol. The molecule has 0 spiro atoms. The van der Waals surface area contributed by atoms with Crippen molar-refractivity contribution in [3.8, 4) is 17.2 Å². The van der Waals surface area contributed by atoms with Crippen molar-refractivity contribution in [2.75, 3.05) is 7.11 Å². The van der Waals surface area contributed by atoms with Gasteiger partial charge >= 0.3 is 6.61 Å². The summed E-state index contributed by atoms with van der Waals surface area (Å²) in [5.74, 6) is 1.01. The summed E-state index contributed by atoms with van der Waals surface area (Å²) in [4.78, 5) is 12.0. The first kappa shape index (κ1) is 21.2. The quantitative estimate of drug-likeness (QED) is 0.643. The Hall–Kier alpha value is -3.09. The highest BCUT2D eigenvalue weighted by molar-refractivity contribution is 5.91. The normalized spacial score (nSPS) is 11.1. The minimum Gasteiger partial charge on any atom is -0.493 e. The largest absolute Gasteiger partial charge is 0.493 e. The van der Waals surface area contributed by atoms with E-state index in [0.717, 1.165) is 11.1 Å². The molecule has 2 aromatic rings. The average molecular weight is 391 g/mol. The van der Waals surface area contributed by atoms with E-state index in [1.165, 1.54) is 18.2 Å². The Morgan fingerprint density at radius 1 is 1.07 bits per heavy atom. The fraction of sp³-hybridized carbons (Fsp3) is 0.286. The van der Waals surface area contributed by atoms with Crippen molar-refractivity contribution >= 4 is 12.0 Å². The van der Waals surface area contributed by atoms with Crippen molar-refractivity contribution in [2.45, 2.75) is 33.1 Å². The molecule has 0 bridgehead atoms. The lowest BCUT2D eigenvalue weighted by atomic mass is 10.2. The summed E-state index contributed by atoms with van der Waals surface area (Å²) in [5.41, 5.74) is 1.55. The third-order valence-electron chi connectivity index (χ3n) is 3.59. The second kappa shape index (κ2) is 10.3. The molecule has 7 heteroatoms. The van der Waals surface area contributed by atoms with Gasteiger partial charge < -0.3 is 19.5 Å². The molecule has 0 atom stereocenters. The van der Waals surface area contributed by atoms with Gasteiger partial charge in [-0.15, -0.1) is 0 Å². The first-order chi connectivity index (χ1) is 13.4. The Morgan fingerprint density at radius 2 is 1.79 bits per heavy atom. The van der Waals surface area contributed by atoms with Crippen LogP contribution in [0.25, 0.3) is 6.08 Å². The van der Waals surface area contributed by atoms with Gasteiger partial charge in [0.1, 0.15) is 5.75 Å². The van der Waals surface area contributed by atoms with Crippen molar-refractivity contribution in [2.24, 2.45) is 0 Å². The third-order valence-corrected chi connectivity index (χ3v) is 3.59. The van der Waals surface area contributed by atoms with Crippen LogP contribution < -0.4 is 19.5 Å². The monoisotopic (exact) mass is 391 g/mol. The van der Waals surface area contributed by atoms with Gasteiger partial charge in [-0.3, -0.25) is 4.79 Å². The predicted octanol–water partition coefficient (Wildman–Crippen LogP) is 4.41. The number of nitrogens with one attached hydrogen (secondary N) is 1. The molecule has 0 aliphatic heterocycles. The molecule has 0 heterocycles. The number of rotatable bonds is 9. The first-order valence-corrected chi connectivity index (χ1v) is 8.71. The number of hydrogen-bond donors (Lipinski definition) is 1. The van der Waals surface area contributed by atoms with Crippen molar-refractivity contribution in [3.05, 3.63) is 59.7 Å². The van der Waals surface area contributed by atoms with Gasteiger partial charge in [0.05, 0.1) is 13.2 Å². The zero-order chi connectivity index (χ0) is 20.5. The number of amides is 1. The summed E-state index contributed by atoms with van der Waals surface area (Å²) in [6, 6.07) is 11.5. The minimum atomic E-state index is -2.86. The molecule has 0 saturated heterocycles. The van der Waals surface area contributed by atoms with Crippen LogP contribution in [0.5, 0.6) is 17.2 Å². The van der Waals surface area contributed by atoms with Gasteiger partial charge in [-0.05, 0) is 55.3 Å². The van der Waals surface area contributed by atoms with Gasteiger partial charge in [0.15, 0.2) is 11.5 Å². The van der Waals surface area contributed by atoms with E-state index in [-0.39, 0.29) is 24.3 Å². The SMILES string of the molecule is COc1cc(/C=C/C(=O)NCc2ccc(OC(F)F)cc2)ccc1OC(C)C. The molecule has 0 aromatic heterocycles. The van der Waals surface area contributed by atoms with Crippen LogP contribution in [0.4, 0.5) is 8.78 Å². The highest BCUT2D eigenvalue weighted by Gasteiger charge is 2.07. The van der Waals surface area contributed by atoms with Gasteiger partial charge in [0.2, 0.25) is 5.91 Å². The molecule has 1 N–H and O–H groups in total.